The van der Waals surface area contributed by atoms with Gasteiger partial charge in [-0.15, -0.1) is 0 Å². The fraction of sp³-hybridized carbons (Fsp3) is 0.500. The first-order chi connectivity index (χ1) is 9.93. The highest BCUT2D eigenvalue weighted by Gasteiger charge is 2.32. The standard InChI is InChI=1S/C14H19N3O4/c1-8-4-15-10(9(2)13(8)21-3)6-17-7-12(18)16-5-11(17)14(19)20/h4,11H,5-7H2,1-3H3,(H,16,18)(H,19,20). The Morgan fingerprint density at radius 3 is 2.90 bits per heavy atom. The number of aromatic nitrogens is 1. The van der Waals surface area contributed by atoms with Crippen LogP contribution in [0, 0.1) is 13.8 Å². The summed E-state index contributed by atoms with van der Waals surface area (Å²) < 4.78 is 5.35. The van der Waals surface area contributed by atoms with E-state index in [0.717, 1.165) is 22.6 Å². The Bertz CT molecular complexity index is 574. The summed E-state index contributed by atoms with van der Waals surface area (Å²) in [5, 5.41) is 11.8. The van der Waals surface area contributed by atoms with E-state index in [0.29, 0.717) is 6.54 Å². The molecule has 1 aromatic rings. The average molecular weight is 293 g/mol. The second kappa shape index (κ2) is 6.09. The minimum absolute atomic E-state index is 0.0499. The lowest BCUT2D eigenvalue weighted by molar-refractivity contribution is -0.146. The number of ether oxygens (including phenoxy) is 1. The summed E-state index contributed by atoms with van der Waals surface area (Å²) in [7, 11) is 1.59. The number of nitrogens with one attached hydrogen (secondary N) is 1. The summed E-state index contributed by atoms with van der Waals surface area (Å²) in [5.74, 6) is -0.385. The van der Waals surface area contributed by atoms with Gasteiger partial charge in [-0.2, -0.15) is 0 Å². The third kappa shape index (κ3) is 3.13. The number of nitrogens with zero attached hydrogens (tertiary/aromatic N) is 2. The van der Waals surface area contributed by atoms with Gasteiger partial charge in [0.05, 0.1) is 19.3 Å². The fourth-order valence-electron chi connectivity index (χ4n) is 2.52. The molecule has 1 amide bonds. The smallest absolute Gasteiger partial charge is 0.322 e. The predicted octanol–water partition coefficient (Wildman–Crippen LogP) is 0.0920. The van der Waals surface area contributed by atoms with E-state index < -0.39 is 12.0 Å². The quantitative estimate of drug-likeness (QED) is 0.817. The molecule has 0 spiro atoms. The first-order valence-electron chi connectivity index (χ1n) is 6.66. The normalized spacial score (nSPS) is 19.2. The minimum Gasteiger partial charge on any atom is -0.496 e. The van der Waals surface area contributed by atoms with E-state index in [1.165, 1.54) is 0 Å². The molecular formula is C14H19N3O4. The molecule has 2 rings (SSSR count). The zero-order valence-electron chi connectivity index (χ0n) is 12.3. The van der Waals surface area contributed by atoms with Crippen LogP contribution in [0.15, 0.2) is 6.20 Å². The number of carbonyl (C=O) groups is 2. The molecule has 2 heterocycles. The Morgan fingerprint density at radius 1 is 1.57 bits per heavy atom. The van der Waals surface area contributed by atoms with Crippen LogP contribution in [-0.4, -0.2) is 53.1 Å². The highest BCUT2D eigenvalue weighted by atomic mass is 16.5. The fourth-order valence-corrected chi connectivity index (χ4v) is 2.52. The molecule has 1 aliphatic rings. The summed E-state index contributed by atoms with van der Waals surface area (Å²) >= 11 is 0. The van der Waals surface area contributed by atoms with Crippen LogP contribution in [0.2, 0.25) is 0 Å². The number of carbonyl (C=O) groups excluding carboxylic acids is 1. The van der Waals surface area contributed by atoms with Gasteiger partial charge in [-0.3, -0.25) is 19.5 Å². The lowest BCUT2D eigenvalue weighted by Crippen LogP contribution is -2.57. The highest BCUT2D eigenvalue weighted by molar-refractivity contribution is 5.83. The van der Waals surface area contributed by atoms with Crippen molar-refractivity contribution in [1.82, 2.24) is 15.2 Å². The second-order valence-electron chi connectivity index (χ2n) is 5.11. The van der Waals surface area contributed by atoms with Crippen LogP contribution in [-0.2, 0) is 16.1 Å². The molecular weight excluding hydrogens is 274 g/mol. The van der Waals surface area contributed by atoms with Gasteiger partial charge in [-0.1, -0.05) is 0 Å². The number of methoxy groups -OCH3 is 1. The van der Waals surface area contributed by atoms with Crippen molar-refractivity contribution in [3.8, 4) is 5.75 Å². The molecule has 0 aliphatic carbocycles. The van der Waals surface area contributed by atoms with E-state index in [2.05, 4.69) is 10.3 Å². The van der Waals surface area contributed by atoms with Crippen LogP contribution in [0.5, 0.6) is 5.75 Å². The van der Waals surface area contributed by atoms with Crippen molar-refractivity contribution >= 4 is 11.9 Å². The van der Waals surface area contributed by atoms with Gasteiger partial charge in [-0.05, 0) is 13.8 Å². The number of aliphatic carboxylic acids is 1. The number of carboxylic acid groups (broad SMARTS) is 1. The number of hydrogen-bond donors (Lipinski definition) is 2. The molecule has 0 radical (unpaired) electrons. The van der Waals surface area contributed by atoms with Crippen LogP contribution in [0.25, 0.3) is 0 Å². The molecule has 0 aromatic carbocycles. The average Bonchev–Trinajstić information content (AvgIpc) is 2.42. The van der Waals surface area contributed by atoms with E-state index in [1.807, 2.05) is 13.8 Å². The van der Waals surface area contributed by atoms with E-state index in [-0.39, 0.29) is 19.0 Å². The van der Waals surface area contributed by atoms with Crippen LogP contribution >= 0.6 is 0 Å². The Hall–Kier alpha value is -2.15. The Morgan fingerprint density at radius 2 is 2.29 bits per heavy atom. The van der Waals surface area contributed by atoms with Gasteiger partial charge < -0.3 is 15.2 Å². The first-order valence-corrected chi connectivity index (χ1v) is 6.66. The molecule has 1 atom stereocenters. The van der Waals surface area contributed by atoms with Crippen molar-refractivity contribution in [3.63, 3.8) is 0 Å². The maximum absolute atomic E-state index is 11.5. The lowest BCUT2D eigenvalue weighted by Gasteiger charge is -2.32. The van der Waals surface area contributed by atoms with Gasteiger partial charge in [0.25, 0.3) is 0 Å². The number of aryl methyl sites for hydroxylation is 1. The molecule has 0 saturated carbocycles. The van der Waals surface area contributed by atoms with Gasteiger partial charge in [0.1, 0.15) is 11.8 Å². The van der Waals surface area contributed by atoms with E-state index in [9.17, 15) is 14.7 Å². The molecule has 1 aromatic heterocycles. The van der Waals surface area contributed by atoms with Crippen LogP contribution in [0.3, 0.4) is 0 Å². The zero-order valence-corrected chi connectivity index (χ0v) is 12.3. The summed E-state index contributed by atoms with van der Waals surface area (Å²) in [6.07, 6.45) is 1.70. The van der Waals surface area contributed by atoms with Crippen LogP contribution < -0.4 is 10.1 Å². The lowest BCUT2D eigenvalue weighted by atomic mass is 10.1. The number of amides is 1. The molecule has 2 N–H and O–H groups in total. The van der Waals surface area contributed by atoms with Crippen molar-refractivity contribution in [3.05, 3.63) is 23.0 Å². The minimum atomic E-state index is -0.952. The maximum Gasteiger partial charge on any atom is 0.322 e. The molecule has 1 fully saturated rings. The highest BCUT2D eigenvalue weighted by Crippen LogP contribution is 2.25. The molecule has 114 valence electrons. The van der Waals surface area contributed by atoms with E-state index >= 15 is 0 Å². The number of piperazine rings is 1. The van der Waals surface area contributed by atoms with E-state index in [4.69, 9.17) is 4.74 Å². The van der Waals surface area contributed by atoms with E-state index in [1.54, 1.807) is 18.2 Å². The molecule has 7 heteroatoms. The Kier molecular flexibility index (Phi) is 4.42. The maximum atomic E-state index is 11.5. The zero-order chi connectivity index (χ0) is 15.6. The number of carboxylic acids is 1. The topological polar surface area (TPSA) is 91.8 Å². The van der Waals surface area contributed by atoms with Gasteiger partial charge in [0.2, 0.25) is 5.91 Å². The predicted molar refractivity (Wildman–Crippen MR) is 75.1 cm³/mol. The van der Waals surface area contributed by atoms with Crippen molar-refractivity contribution < 1.29 is 19.4 Å². The molecule has 7 nitrogen and oxygen atoms in total. The van der Waals surface area contributed by atoms with Gasteiger partial charge in [0, 0.05) is 30.4 Å². The number of rotatable bonds is 4. The third-order valence-electron chi connectivity index (χ3n) is 3.67. The summed E-state index contributed by atoms with van der Waals surface area (Å²) in [4.78, 5) is 28.8. The largest absolute Gasteiger partial charge is 0.496 e. The molecule has 1 aliphatic heterocycles. The van der Waals surface area contributed by atoms with Crippen LogP contribution in [0.1, 0.15) is 16.8 Å². The second-order valence-corrected chi connectivity index (χ2v) is 5.11. The van der Waals surface area contributed by atoms with Gasteiger partial charge in [-0.25, -0.2) is 0 Å². The van der Waals surface area contributed by atoms with Gasteiger partial charge in [0.15, 0.2) is 0 Å². The molecule has 21 heavy (non-hydrogen) atoms. The Balaban J connectivity index is 2.27. The molecule has 0 bridgehead atoms. The van der Waals surface area contributed by atoms with Crippen molar-refractivity contribution in [2.75, 3.05) is 20.2 Å². The van der Waals surface area contributed by atoms with Crippen molar-refractivity contribution in [2.24, 2.45) is 0 Å². The SMILES string of the molecule is COc1c(C)cnc(CN2CC(=O)NCC2C(=O)O)c1C. The number of pyridine rings is 1. The van der Waals surface area contributed by atoms with Gasteiger partial charge >= 0.3 is 5.97 Å². The van der Waals surface area contributed by atoms with Crippen molar-refractivity contribution in [1.29, 1.82) is 0 Å². The number of hydrogen-bond acceptors (Lipinski definition) is 5. The molecule has 1 unspecified atom stereocenters. The summed E-state index contributed by atoms with van der Waals surface area (Å²) in [6.45, 7) is 4.24. The Labute approximate surface area is 122 Å². The molecule has 1 saturated heterocycles. The summed E-state index contributed by atoms with van der Waals surface area (Å²) in [5.41, 5.74) is 2.51. The van der Waals surface area contributed by atoms with Crippen LogP contribution in [0.4, 0.5) is 0 Å². The van der Waals surface area contributed by atoms with Crippen molar-refractivity contribution in [2.45, 2.75) is 26.4 Å². The first kappa shape index (κ1) is 15.2. The third-order valence-corrected chi connectivity index (χ3v) is 3.67. The summed E-state index contributed by atoms with van der Waals surface area (Å²) in [6, 6.07) is -0.740. The monoisotopic (exact) mass is 293 g/mol.